The molecule has 6 heteroatoms. The molecule has 21 heavy (non-hydrogen) atoms. The molecule has 0 amide bonds. The van der Waals surface area contributed by atoms with E-state index >= 15 is 0 Å². The molecule has 0 spiro atoms. The summed E-state index contributed by atoms with van der Waals surface area (Å²) in [5, 5.41) is 4.07. The van der Waals surface area contributed by atoms with Crippen LogP contribution in [0.3, 0.4) is 0 Å². The van der Waals surface area contributed by atoms with E-state index in [2.05, 4.69) is 24.1 Å². The molecule has 0 saturated carbocycles. The van der Waals surface area contributed by atoms with Gasteiger partial charge in [-0.3, -0.25) is 0 Å². The Bertz CT molecular complexity index is 602. The van der Waals surface area contributed by atoms with E-state index in [9.17, 15) is 8.42 Å². The lowest BCUT2D eigenvalue weighted by Crippen LogP contribution is -2.34. The molecule has 2 rings (SSSR count). The standard InChI is InChI=1S/C15H23ClN2O2S/c1-11(2)17-9-12-4-5-13(16)8-15(12)18(3)14-6-7-21(19,20)10-14/h4-5,8,11,14,17H,6-7,9-10H2,1-3H3. The van der Waals surface area contributed by atoms with Crippen LogP contribution in [0.25, 0.3) is 0 Å². The zero-order chi connectivity index (χ0) is 15.6. The lowest BCUT2D eigenvalue weighted by molar-refractivity contribution is 0.586. The Kier molecular flexibility index (Phi) is 5.17. The van der Waals surface area contributed by atoms with E-state index in [4.69, 9.17) is 11.6 Å². The number of rotatable bonds is 5. The fourth-order valence-corrected chi connectivity index (χ4v) is 4.55. The highest BCUT2D eigenvalue weighted by molar-refractivity contribution is 7.91. The van der Waals surface area contributed by atoms with Crippen LogP contribution in [0.1, 0.15) is 25.8 Å². The number of hydrogen-bond donors (Lipinski definition) is 1. The van der Waals surface area contributed by atoms with Crippen molar-refractivity contribution in [3.63, 3.8) is 0 Å². The second kappa shape index (κ2) is 6.55. The molecule has 118 valence electrons. The molecule has 1 heterocycles. The normalized spacial score (nSPS) is 20.9. The van der Waals surface area contributed by atoms with Crippen LogP contribution in [0.4, 0.5) is 5.69 Å². The van der Waals surface area contributed by atoms with E-state index in [1.165, 1.54) is 0 Å². The molecule has 1 aliphatic heterocycles. The molecule has 1 saturated heterocycles. The SMILES string of the molecule is CC(C)NCc1ccc(Cl)cc1N(C)C1CCS(=O)(=O)C1. The van der Waals surface area contributed by atoms with Crippen molar-refractivity contribution < 1.29 is 8.42 Å². The zero-order valence-corrected chi connectivity index (χ0v) is 14.3. The Balaban J connectivity index is 2.22. The van der Waals surface area contributed by atoms with Gasteiger partial charge in [0.05, 0.1) is 11.5 Å². The van der Waals surface area contributed by atoms with Crippen LogP contribution >= 0.6 is 11.6 Å². The summed E-state index contributed by atoms with van der Waals surface area (Å²) in [5.74, 6) is 0.509. The van der Waals surface area contributed by atoms with Gasteiger partial charge in [0.15, 0.2) is 9.84 Å². The van der Waals surface area contributed by atoms with Crippen LogP contribution in [-0.4, -0.2) is 39.1 Å². The minimum atomic E-state index is -2.89. The monoisotopic (exact) mass is 330 g/mol. The summed E-state index contributed by atoms with van der Waals surface area (Å²) >= 11 is 6.12. The second-order valence-corrected chi connectivity index (χ2v) is 8.64. The lowest BCUT2D eigenvalue weighted by Gasteiger charge is -2.28. The van der Waals surface area contributed by atoms with Gasteiger partial charge in [0.2, 0.25) is 0 Å². The fourth-order valence-electron chi connectivity index (χ4n) is 2.61. The molecular weight excluding hydrogens is 308 g/mol. The van der Waals surface area contributed by atoms with E-state index < -0.39 is 9.84 Å². The Labute approximate surface area is 132 Å². The first-order valence-corrected chi connectivity index (χ1v) is 9.43. The van der Waals surface area contributed by atoms with E-state index in [1.807, 2.05) is 25.2 Å². The van der Waals surface area contributed by atoms with Crippen molar-refractivity contribution in [2.75, 3.05) is 23.5 Å². The van der Waals surface area contributed by atoms with E-state index in [-0.39, 0.29) is 17.5 Å². The maximum absolute atomic E-state index is 11.7. The minimum Gasteiger partial charge on any atom is -0.370 e. The van der Waals surface area contributed by atoms with Crippen LogP contribution in [-0.2, 0) is 16.4 Å². The summed E-state index contributed by atoms with van der Waals surface area (Å²) in [6.45, 7) is 4.94. The molecule has 0 aromatic heterocycles. The smallest absolute Gasteiger partial charge is 0.152 e. The summed E-state index contributed by atoms with van der Waals surface area (Å²) in [7, 11) is -0.933. The molecule has 1 aliphatic rings. The van der Waals surface area contributed by atoms with E-state index in [0.29, 0.717) is 17.5 Å². The predicted octanol–water partition coefficient (Wildman–Crippen LogP) is 2.46. The van der Waals surface area contributed by atoms with E-state index in [1.54, 1.807) is 0 Å². The van der Waals surface area contributed by atoms with Crippen LogP contribution in [0.5, 0.6) is 0 Å². The van der Waals surface area contributed by atoms with Gasteiger partial charge in [0, 0.05) is 36.4 Å². The first-order chi connectivity index (χ1) is 9.78. The van der Waals surface area contributed by atoms with Crippen molar-refractivity contribution in [2.45, 2.75) is 38.9 Å². The number of nitrogens with one attached hydrogen (secondary N) is 1. The van der Waals surface area contributed by atoms with Crippen molar-refractivity contribution in [2.24, 2.45) is 0 Å². The number of hydrogen-bond acceptors (Lipinski definition) is 4. The van der Waals surface area contributed by atoms with Gasteiger partial charge in [-0.05, 0) is 24.1 Å². The number of nitrogens with zero attached hydrogens (tertiary/aromatic N) is 1. The molecule has 1 fully saturated rings. The molecule has 1 unspecified atom stereocenters. The molecule has 0 aliphatic carbocycles. The highest BCUT2D eigenvalue weighted by Crippen LogP contribution is 2.29. The molecule has 1 atom stereocenters. The topological polar surface area (TPSA) is 49.4 Å². The third kappa shape index (κ3) is 4.34. The van der Waals surface area contributed by atoms with Gasteiger partial charge in [-0.2, -0.15) is 0 Å². The first kappa shape index (κ1) is 16.6. The van der Waals surface area contributed by atoms with Crippen molar-refractivity contribution in [3.05, 3.63) is 28.8 Å². The average molecular weight is 331 g/mol. The Morgan fingerprint density at radius 2 is 2.14 bits per heavy atom. The molecule has 0 radical (unpaired) electrons. The summed E-state index contributed by atoms with van der Waals surface area (Å²) < 4.78 is 23.4. The maximum atomic E-state index is 11.7. The maximum Gasteiger partial charge on any atom is 0.152 e. The highest BCUT2D eigenvalue weighted by Gasteiger charge is 2.31. The van der Waals surface area contributed by atoms with Crippen molar-refractivity contribution in [1.82, 2.24) is 5.32 Å². The molecule has 4 nitrogen and oxygen atoms in total. The number of sulfone groups is 1. The van der Waals surface area contributed by atoms with Gasteiger partial charge < -0.3 is 10.2 Å². The van der Waals surface area contributed by atoms with Crippen molar-refractivity contribution in [1.29, 1.82) is 0 Å². The highest BCUT2D eigenvalue weighted by atomic mass is 35.5. The molecule has 0 bridgehead atoms. The summed E-state index contributed by atoms with van der Waals surface area (Å²) in [5.41, 5.74) is 2.15. The second-order valence-electron chi connectivity index (χ2n) is 5.98. The van der Waals surface area contributed by atoms with Gasteiger partial charge >= 0.3 is 0 Å². The Hall–Kier alpha value is -0.780. The number of benzene rings is 1. The third-order valence-electron chi connectivity index (χ3n) is 3.88. The molecular formula is C15H23ClN2O2S. The number of anilines is 1. The van der Waals surface area contributed by atoms with Crippen LogP contribution < -0.4 is 10.2 Å². The predicted molar refractivity (Wildman–Crippen MR) is 88.9 cm³/mol. The van der Waals surface area contributed by atoms with Gasteiger partial charge in [0.25, 0.3) is 0 Å². The van der Waals surface area contributed by atoms with Crippen molar-refractivity contribution >= 4 is 27.1 Å². The van der Waals surface area contributed by atoms with Crippen LogP contribution in [0.2, 0.25) is 5.02 Å². The van der Waals surface area contributed by atoms with Gasteiger partial charge in [-0.1, -0.05) is 31.5 Å². The average Bonchev–Trinajstić information content (AvgIpc) is 2.76. The number of halogens is 1. The zero-order valence-electron chi connectivity index (χ0n) is 12.8. The largest absolute Gasteiger partial charge is 0.370 e. The van der Waals surface area contributed by atoms with Gasteiger partial charge in [0.1, 0.15) is 0 Å². The minimum absolute atomic E-state index is 0.0336. The van der Waals surface area contributed by atoms with E-state index in [0.717, 1.165) is 17.8 Å². The molecule has 1 aromatic rings. The van der Waals surface area contributed by atoms with Crippen molar-refractivity contribution in [3.8, 4) is 0 Å². The summed E-state index contributed by atoms with van der Waals surface area (Å²) in [4.78, 5) is 2.06. The molecule has 1 N–H and O–H groups in total. The third-order valence-corrected chi connectivity index (χ3v) is 5.87. The summed E-state index contributed by atoms with van der Waals surface area (Å²) in [6.07, 6.45) is 0.683. The first-order valence-electron chi connectivity index (χ1n) is 7.23. The fraction of sp³-hybridized carbons (Fsp3) is 0.600. The Morgan fingerprint density at radius 3 is 2.71 bits per heavy atom. The molecule has 1 aromatic carbocycles. The van der Waals surface area contributed by atoms with Crippen LogP contribution in [0.15, 0.2) is 18.2 Å². The quantitative estimate of drug-likeness (QED) is 0.901. The lowest BCUT2D eigenvalue weighted by atomic mass is 10.1. The summed E-state index contributed by atoms with van der Waals surface area (Å²) in [6, 6.07) is 6.23. The van der Waals surface area contributed by atoms with Crippen LogP contribution in [0, 0.1) is 0 Å². The van der Waals surface area contributed by atoms with Gasteiger partial charge in [-0.15, -0.1) is 0 Å². The van der Waals surface area contributed by atoms with Gasteiger partial charge in [-0.25, -0.2) is 8.42 Å². The Morgan fingerprint density at radius 1 is 1.43 bits per heavy atom.